The third kappa shape index (κ3) is 32.2. The minimum Gasteiger partial charge on any atom is -0.395 e. The van der Waals surface area contributed by atoms with Crippen LogP contribution in [0, 0.1) is 0 Å². The van der Waals surface area contributed by atoms with Gasteiger partial charge in [0, 0.05) is 45.8 Å². The van der Waals surface area contributed by atoms with Gasteiger partial charge in [-0.1, -0.05) is 106 Å². The van der Waals surface area contributed by atoms with Crippen molar-refractivity contribution in [3.05, 3.63) is 0 Å². The molecule has 0 saturated carbocycles. The molecule has 7 aliphatic rings. The Morgan fingerprint density at radius 2 is 0.390 bits per heavy atom. The predicted octanol–water partition coefficient (Wildman–Crippen LogP) is -10.2. The highest BCUT2D eigenvalue weighted by Crippen LogP contribution is 2.26. The van der Waals surface area contributed by atoms with Crippen LogP contribution in [0.5, 0.6) is 0 Å². The molecular formula is C70H147N7O28. The number of unbranched alkanes of at least 4 members (excludes halogenated alkanes) is 10. The lowest BCUT2D eigenvalue weighted by molar-refractivity contribution is -0.145. The molecule has 7 fully saturated rings. The summed E-state index contributed by atoms with van der Waals surface area (Å²) < 4.78 is 0. The van der Waals surface area contributed by atoms with E-state index in [-0.39, 0.29) is 52.8 Å². The summed E-state index contributed by atoms with van der Waals surface area (Å²) in [5.41, 5.74) is 0. The maximum atomic E-state index is 9.81. The number of piperidine rings is 7. The molecule has 0 aromatic rings. The Kier molecular flexibility index (Phi) is 53.4. The van der Waals surface area contributed by atoms with Crippen molar-refractivity contribution < 1.29 is 143 Å². The van der Waals surface area contributed by atoms with Crippen LogP contribution in [0.25, 0.3) is 0 Å². The Morgan fingerprint density at radius 3 is 0.638 bits per heavy atom. The monoisotopic (exact) mass is 1530 g/mol. The van der Waals surface area contributed by atoms with E-state index in [4.69, 9.17) is 20.4 Å². The van der Waals surface area contributed by atoms with Gasteiger partial charge in [-0.25, -0.2) is 0 Å². The van der Waals surface area contributed by atoms with Crippen LogP contribution >= 0.6 is 0 Å². The van der Waals surface area contributed by atoms with E-state index in [0.717, 1.165) is 96.8 Å². The molecule has 35 nitrogen and oxygen atoms in total. The summed E-state index contributed by atoms with van der Waals surface area (Å²) >= 11 is 0. The number of aliphatic hydroxyl groups excluding tert-OH is 28. The SMILES string of the molecule is CCCCCCCN1C[C@H](O)[C@@H](O)[C@H](O)[C@H]1CO.CCCCCCN1C[C@H](O)[C@@H](O)[C@H](O)[C@H]1CO.CCCCCN1C[C@H](O)[C@@H](O)[C@H](O)[C@H]1CO.CCCCN1C[C@H](O)[C@@H](O)[C@H](O)[C@H]1CO.CCCN1C[C@H](O)[C@@H](O)[C@H](O)[C@H]1CO.CCN1C[C@H](O)[C@@H](O)[C@H](O)[C@H]1CO.CN1C[C@H](O)[C@@H](O)[C@H](O)[C@H]1CO. The maximum Gasteiger partial charge on any atom is 0.109 e. The van der Waals surface area contributed by atoms with E-state index in [1.165, 1.54) is 25.7 Å². The molecule has 0 aliphatic carbocycles. The molecule has 7 saturated heterocycles. The van der Waals surface area contributed by atoms with Crippen LogP contribution in [0.2, 0.25) is 0 Å². The van der Waals surface area contributed by atoms with Crippen molar-refractivity contribution >= 4 is 0 Å². The van der Waals surface area contributed by atoms with Crippen molar-refractivity contribution in [2.45, 2.75) is 308 Å². The Bertz CT molecular complexity index is 2120. The number of likely N-dealkylation sites (N-methyl/N-ethyl adjacent to an activating group) is 2. The quantitative estimate of drug-likeness (QED) is 0.0324. The van der Waals surface area contributed by atoms with E-state index in [1.807, 2.05) is 38.3 Å². The normalized spacial score (nSPS) is 38.2. The smallest absolute Gasteiger partial charge is 0.109 e. The molecule has 0 aromatic heterocycles. The summed E-state index contributed by atoms with van der Waals surface area (Å²) in [4.78, 5) is 12.6. The van der Waals surface area contributed by atoms with Crippen molar-refractivity contribution in [3.8, 4) is 0 Å². The molecule has 28 atom stereocenters. The van der Waals surface area contributed by atoms with Gasteiger partial charge in [-0.2, -0.15) is 0 Å². The number of nitrogens with zero attached hydrogens (tertiary/aromatic N) is 7. The molecule has 7 rings (SSSR count). The van der Waals surface area contributed by atoms with Crippen LogP contribution in [0.1, 0.15) is 138 Å². The fraction of sp³-hybridized carbons (Fsp3) is 1.00. The molecule has 7 heterocycles. The van der Waals surface area contributed by atoms with E-state index in [2.05, 4.69) is 27.7 Å². The van der Waals surface area contributed by atoms with Crippen LogP contribution in [-0.2, 0) is 0 Å². The van der Waals surface area contributed by atoms with Crippen LogP contribution in [0.15, 0.2) is 0 Å². The number of likely N-dealkylation sites (tertiary alicyclic amines) is 7. The van der Waals surface area contributed by atoms with Crippen LogP contribution in [0.4, 0.5) is 0 Å². The van der Waals surface area contributed by atoms with Gasteiger partial charge in [-0.3, -0.25) is 34.3 Å². The largest absolute Gasteiger partial charge is 0.395 e. The summed E-state index contributed by atoms with van der Waals surface area (Å²) in [6.45, 7) is 17.3. The fourth-order valence-electron chi connectivity index (χ4n) is 14.3. The minimum absolute atomic E-state index is 0.195. The van der Waals surface area contributed by atoms with E-state index < -0.39 is 170 Å². The van der Waals surface area contributed by atoms with Gasteiger partial charge in [0.05, 0.1) is 131 Å². The van der Waals surface area contributed by atoms with E-state index in [1.54, 1.807) is 16.8 Å². The lowest BCUT2D eigenvalue weighted by Crippen LogP contribution is -2.62. The summed E-state index contributed by atoms with van der Waals surface area (Å²) in [5.74, 6) is 0. The molecule has 0 spiro atoms. The van der Waals surface area contributed by atoms with E-state index >= 15 is 0 Å². The molecule has 0 unspecified atom stereocenters. The fourth-order valence-corrected chi connectivity index (χ4v) is 14.3. The molecule has 7 aliphatic heterocycles. The topological polar surface area (TPSA) is 589 Å². The Hall–Kier alpha value is -1.40. The van der Waals surface area contributed by atoms with Crippen LogP contribution in [0.3, 0.4) is 0 Å². The molecule has 0 aromatic carbocycles. The number of hydrogen-bond acceptors (Lipinski definition) is 35. The predicted molar refractivity (Wildman–Crippen MR) is 388 cm³/mol. The highest BCUT2D eigenvalue weighted by atomic mass is 16.4. The van der Waals surface area contributed by atoms with Gasteiger partial charge >= 0.3 is 0 Å². The first-order chi connectivity index (χ1) is 49.8. The third-order valence-corrected chi connectivity index (χ3v) is 21.3. The Labute approximate surface area is 621 Å². The summed E-state index contributed by atoms with van der Waals surface area (Å²) in [7, 11) is 1.68. The lowest BCUT2D eigenvalue weighted by atomic mass is 9.94. The number of β-amino-alcohol motifs (C(OH)–C–C–N with tert-alkyl or cyclic N) is 7. The van der Waals surface area contributed by atoms with Crippen molar-refractivity contribution in [3.63, 3.8) is 0 Å². The first-order valence-corrected chi connectivity index (χ1v) is 38.5. The summed E-state index contributed by atoms with van der Waals surface area (Å²) in [6.07, 6.45) is -5.94. The molecule has 630 valence electrons. The first-order valence-electron chi connectivity index (χ1n) is 38.5. The van der Waals surface area contributed by atoms with Gasteiger partial charge in [0.2, 0.25) is 0 Å². The molecule has 35 heteroatoms. The van der Waals surface area contributed by atoms with Gasteiger partial charge in [-0.15, -0.1) is 0 Å². The average molecular weight is 1530 g/mol. The lowest BCUT2D eigenvalue weighted by Gasteiger charge is -2.43. The highest BCUT2D eigenvalue weighted by Gasteiger charge is 2.46. The second-order valence-corrected chi connectivity index (χ2v) is 29.1. The molecule has 28 N–H and O–H groups in total. The summed E-state index contributed by atoms with van der Waals surface area (Å²) in [6, 6.07) is -3.27. The maximum absolute atomic E-state index is 9.81. The van der Waals surface area contributed by atoms with Crippen LogP contribution in [-0.4, -0.2) is 486 Å². The van der Waals surface area contributed by atoms with Crippen LogP contribution < -0.4 is 0 Å². The standard InChI is InChI=1S/C13H27NO4.C12H25NO4.C11H23NO4.C10H21NO4.C9H19NO4.C8H17NO4.C7H15NO4/c1-2-3-4-5-6-7-14-8-11(16)13(18)12(17)10(14)9-15;1-2-3-4-5-6-13-7-10(15)12(17)11(16)9(13)8-14;1-2-3-4-5-12-6-9(14)11(16)10(15)8(12)7-13;1-2-3-4-11-5-8(13)10(15)9(14)7(11)6-12;1-2-3-10-4-7(12)9(14)8(13)6(10)5-11;1-2-9-3-6(11)8(13)7(12)5(9)4-10;1-8-2-5(10)7(12)6(11)4(8)3-9/h10-13,15-18H,2-9H2,1H3;9-12,14-17H,2-8H2,1H3;8-11,13-16H,2-7H2,1H3;7-10,12-15H,2-6H2,1H3;6-9,11-14H,2-5H2,1H3;5-8,10-13H,2-4H2,1H3;4-7,9-12H,2-3H2,1H3/t10-,11+,12-,13-;9-,10+,11-,12-;8-,9+,10-,11-;7-,8+,9-,10-;6-,7+,8-,9-;5-,6+,7-,8-;4-,5+,6-,7-/m1111111/s1. The number of rotatable bonds is 28. The second-order valence-electron chi connectivity index (χ2n) is 29.1. The zero-order chi connectivity index (χ0) is 80.0. The number of aliphatic hydroxyl groups is 28. The second kappa shape index (κ2) is 55.1. The highest BCUT2D eigenvalue weighted by molar-refractivity contribution is 4.99. The molecule has 0 bridgehead atoms. The van der Waals surface area contributed by atoms with Gasteiger partial charge in [0.15, 0.2) is 0 Å². The average Bonchev–Trinajstić information content (AvgIpc) is 0.849. The molecule has 0 amide bonds. The van der Waals surface area contributed by atoms with Crippen molar-refractivity contribution in [1.82, 2.24) is 34.3 Å². The molecule has 105 heavy (non-hydrogen) atoms. The molecule has 0 radical (unpaired) electrons. The van der Waals surface area contributed by atoms with Crippen molar-refractivity contribution in [2.75, 3.05) is 138 Å². The molecular weight excluding hydrogens is 1390 g/mol. The number of hydrogen-bond donors (Lipinski definition) is 28. The van der Waals surface area contributed by atoms with Gasteiger partial charge in [-0.05, 0) is 78.4 Å². The van der Waals surface area contributed by atoms with E-state index in [0.29, 0.717) is 52.4 Å². The Balaban J connectivity index is 0.000000615. The summed E-state index contributed by atoms with van der Waals surface area (Å²) in [5, 5.41) is 263. The van der Waals surface area contributed by atoms with Crippen molar-refractivity contribution in [1.29, 1.82) is 0 Å². The van der Waals surface area contributed by atoms with Gasteiger partial charge < -0.3 is 143 Å². The van der Waals surface area contributed by atoms with Gasteiger partial charge in [0.25, 0.3) is 0 Å². The zero-order valence-corrected chi connectivity index (χ0v) is 63.6. The first kappa shape index (κ1) is 102. The van der Waals surface area contributed by atoms with Crippen molar-refractivity contribution in [2.24, 2.45) is 0 Å². The zero-order valence-electron chi connectivity index (χ0n) is 63.6. The Morgan fingerprint density at radius 1 is 0.200 bits per heavy atom. The van der Waals surface area contributed by atoms with E-state index in [9.17, 15) is 123 Å². The van der Waals surface area contributed by atoms with Gasteiger partial charge in [0.1, 0.15) is 85.5 Å². The third-order valence-electron chi connectivity index (χ3n) is 21.3. The minimum atomic E-state index is -1.15.